The quantitative estimate of drug-likeness (QED) is 0.820. The minimum Gasteiger partial charge on any atom is -0.486 e. The molecule has 0 aliphatic carbocycles. The van der Waals surface area contributed by atoms with Crippen molar-refractivity contribution >= 4 is 33.0 Å². The van der Waals surface area contributed by atoms with Crippen molar-refractivity contribution in [3.63, 3.8) is 0 Å². The minimum atomic E-state index is -0.327. The van der Waals surface area contributed by atoms with Crippen molar-refractivity contribution in [2.45, 2.75) is 0 Å². The van der Waals surface area contributed by atoms with E-state index in [-0.39, 0.29) is 5.82 Å². The van der Waals surface area contributed by atoms with E-state index in [2.05, 4.69) is 21.2 Å². The number of ether oxygens (including phenoxy) is 2. The van der Waals surface area contributed by atoms with Gasteiger partial charge in [0.2, 0.25) is 0 Å². The molecule has 1 aliphatic rings. The van der Waals surface area contributed by atoms with Gasteiger partial charge >= 0.3 is 0 Å². The van der Waals surface area contributed by atoms with Crippen LogP contribution >= 0.6 is 15.9 Å². The summed E-state index contributed by atoms with van der Waals surface area (Å²) in [5.74, 6) is 0.921. The third kappa shape index (κ3) is 2.51. The molecule has 0 aromatic heterocycles. The zero-order valence-corrected chi connectivity index (χ0v) is 12.0. The molecule has 0 saturated carbocycles. The van der Waals surface area contributed by atoms with Gasteiger partial charge in [-0.15, -0.1) is 0 Å². The van der Waals surface area contributed by atoms with Gasteiger partial charge in [-0.3, -0.25) is 0 Å². The number of nitrogen functional groups attached to an aromatic ring is 1. The third-order valence-electron chi connectivity index (χ3n) is 2.91. The van der Waals surface area contributed by atoms with Crippen LogP contribution in [0.4, 0.5) is 21.5 Å². The SMILES string of the molecule is Nc1cc2c(cc1Nc1cc(F)ccc1Br)OCCO2. The van der Waals surface area contributed by atoms with Crippen LogP contribution in [0.25, 0.3) is 0 Å². The van der Waals surface area contributed by atoms with E-state index < -0.39 is 0 Å². The van der Waals surface area contributed by atoms with Crippen molar-refractivity contribution in [3.05, 3.63) is 40.6 Å². The van der Waals surface area contributed by atoms with Crippen molar-refractivity contribution in [3.8, 4) is 11.5 Å². The molecule has 0 radical (unpaired) electrons. The van der Waals surface area contributed by atoms with Gasteiger partial charge in [0.05, 0.1) is 17.1 Å². The van der Waals surface area contributed by atoms with Crippen LogP contribution in [-0.4, -0.2) is 13.2 Å². The van der Waals surface area contributed by atoms with E-state index in [0.29, 0.717) is 41.8 Å². The lowest BCUT2D eigenvalue weighted by molar-refractivity contribution is 0.172. The topological polar surface area (TPSA) is 56.5 Å². The molecule has 0 saturated heterocycles. The zero-order valence-electron chi connectivity index (χ0n) is 10.5. The normalized spacial score (nSPS) is 13.1. The molecule has 0 unspecified atom stereocenters. The van der Waals surface area contributed by atoms with Crippen molar-refractivity contribution in [1.29, 1.82) is 0 Å². The molecule has 0 spiro atoms. The number of nitrogens with one attached hydrogen (secondary N) is 1. The maximum absolute atomic E-state index is 13.3. The standard InChI is InChI=1S/C14H12BrFN2O2/c15-9-2-1-8(16)5-11(9)18-12-7-14-13(6-10(12)17)19-3-4-20-14/h1-2,5-7,18H,3-4,17H2. The van der Waals surface area contributed by atoms with Crippen LogP contribution in [0.15, 0.2) is 34.8 Å². The molecular weight excluding hydrogens is 327 g/mol. The molecule has 0 amide bonds. The summed E-state index contributed by atoms with van der Waals surface area (Å²) in [7, 11) is 0. The molecule has 2 aromatic carbocycles. The highest BCUT2D eigenvalue weighted by Gasteiger charge is 2.15. The first-order valence-corrected chi connectivity index (χ1v) is 6.84. The van der Waals surface area contributed by atoms with E-state index in [0.717, 1.165) is 4.47 Å². The first kappa shape index (κ1) is 13.1. The maximum atomic E-state index is 13.3. The molecule has 4 nitrogen and oxygen atoms in total. The van der Waals surface area contributed by atoms with Crippen molar-refractivity contribution < 1.29 is 13.9 Å². The summed E-state index contributed by atoms with van der Waals surface area (Å²) in [5, 5.41) is 3.08. The molecule has 3 rings (SSSR count). The van der Waals surface area contributed by atoms with Gasteiger partial charge in [-0.2, -0.15) is 0 Å². The van der Waals surface area contributed by atoms with E-state index in [1.165, 1.54) is 12.1 Å². The van der Waals surface area contributed by atoms with Crippen LogP contribution in [0.2, 0.25) is 0 Å². The highest BCUT2D eigenvalue weighted by Crippen LogP contribution is 2.39. The van der Waals surface area contributed by atoms with Crippen LogP contribution in [0, 0.1) is 5.82 Å². The smallest absolute Gasteiger partial charge is 0.163 e. The molecule has 2 aromatic rings. The molecule has 3 N–H and O–H groups in total. The van der Waals surface area contributed by atoms with Crippen molar-refractivity contribution in [1.82, 2.24) is 0 Å². The number of halogens is 2. The second-order valence-corrected chi connectivity index (χ2v) is 5.19. The number of hydrogen-bond acceptors (Lipinski definition) is 4. The Morgan fingerprint density at radius 3 is 2.50 bits per heavy atom. The first-order chi connectivity index (χ1) is 9.63. The van der Waals surface area contributed by atoms with Crippen LogP contribution < -0.4 is 20.5 Å². The maximum Gasteiger partial charge on any atom is 0.163 e. The number of nitrogens with two attached hydrogens (primary N) is 1. The van der Waals surface area contributed by atoms with E-state index in [1.54, 1.807) is 18.2 Å². The Kier molecular flexibility index (Phi) is 3.40. The van der Waals surface area contributed by atoms with Crippen molar-refractivity contribution in [2.24, 2.45) is 0 Å². The molecule has 1 heterocycles. The Bertz CT molecular complexity index is 664. The first-order valence-electron chi connectivity index (χ1n) is 6.04. The van der Waals surface area contributed by atoms with E-state index in [9.17, 15) is 4.39 Å². The average Bonchev–Trinajstić information content (AvgIpc) is 2.43. The number of fused-ring (bicyclic) bond motifs is 1. The van der Waals surface area contributed by atoms with Crippen LogP contribution in [0.3, 0.4) is 0 Å². The Hall–Kier alpha value is -1.95. The molecular formula is C14H12BrFN2O2. The number of anilines is 3. The van der Waals surface area contributed by atoms with Gasteiger partial charge in [0, 0.05) is 16.6 Å². The van der Waals surface area contributed by atoms with Gasteiger partial charge in [-0.25, -0.2) is 4.39 Å². The summed E-state index contributed by atoms with van der Waals surface area (Å²) in [4.78, 5) is 0. The Morgan fingerprint density at radius 2 is 1.75 bits per heavy atom. The van der Waals surface area contributed by atoms with E-state index in [1.807, 2.05) is 0 Å². The van der Waals surface area contributed by atoms with E-state index >= 15 is 0 Å². The fourth-order valence-corrected chi connectivity index (χ4v) is 2.30. The number of rotatable bonds is 2. The summed E-state index contributed by atoms with van der Waals surface area (Å²) in [6, 6.07) is 7.85. The Labute approximate surface area is 123 Å². The van der Waals surface area contributed by atoms with Crippen LogP contribution in [-0.2, 0) is 0 Å². The van der Waals surface area contributed by atoms with Crippen LogP contribution in [0.5, 0.6) is 11.5 Å². The predicted octanol–water partition coefficient (Wildman–Crippen LogP) is 3.69. The summed E-state index contributed by atoms with van der Waals surface area (Å²) < 4.78 is 25.0. The zero-order chi connectivity index (χ0) is 14.1. The Balaban J connectivity index is 1.96. The lowest BCUT2D eigenvalue weighted by Gasteiger charge is -2.20. The predicted molar refractivity (Wildman–Crippen MR) is 79.2 cm³/mol. The molecule has 0 bridgehead atoms. The van der Waals surface area contributed by atoms with Gasteiger partial charge in [-0.05, 0) is 34.1 Å². The third-order valence-corrected chi connectivity index (χ3v) is 3.60. The van der Waals surface area contributed by atoms with Gasteiger partial charge in [0.15, 0.2) is 11.5 Å². The van der Waals surface area contributed by atoms with Gasteiger partial charge in [0.25, 0.3) is 0 Å². The summed E-state index contributed by atoms with van der Waals surface area (Å²) in [6.45, 7) is 1.01. The van der Waals surface area contributed by atoms with Gasteiger partial charge in [0.1, 0.15) is 19.0 Å². The summed E-state index contributed by atoms with van der Waals surface area (Å²) in [6.07, 6.45) is 0. The largest absolute Gasteiger partial charge is 0.486 e. The highest BCUT2D eigenvalue weighted by atomic mass is 79.9. The summed E-state index contributed by atoms with van der Waals surface area (Å²) in [5.41, 5.74) is 7.71. The molecule has 0 atom stereocenters. The van der Waals surface area contributed by atoms with Crippen LogP contribution in [0.1, 0.15) is 0 Å². The van der Waals surface area contributed by atoms with Gasteiger partial charge < -0.3 is 20.5 Å². The lowest BCUT2D eigenvalue weighted by Crippen LogP contribution is -2.15. The number of hydrogen-bond donors (Lipinski definition) is 2. The molecule has 1 aliphatic heterocycles. The lowest BCUT2D eigenvalue weighted by atomic mass is 10.2. The monoisotopic (exact) mass is 338 g/mol. The summed E-state index contributed by atoms with van der Waals surface area (Å²) >= 11 is 3.36. The molecule has 0 fully saturated rings. The minimum absolute atomic E-state index is 0.327. The molecule has 104 valence electrons. The second kappa shape index (κ2) is 5.20. The second-order valence-electron chi connectivity index (χ2n) is 4.33. The molecule has 20 heavy (non-hydrogen) atoms. The highest BCUT2D eigenvalue weighted by molar-refractivity contribution is 9.10. The fourth-order valence-electron chi connectivity index (χ4n) is 1.95. The van der Waals surface area contributed by atoms with E-state index in [4.69, 9.17) is 15.2 Å². The Morgan fingerprint density at radius 1 is 1.05 bits per heavy atom. The average molecular weight is 339 g/mol. The van der Waals surface area contributed by atoms with Gasteiger partial charge in [-0.1, -0.05) is 0 Å². The molecule has 6 heteroatoms. The van der Waals surface area contributed by atoms with Crippen molar-refractivity contribution in [2.75, 3.05) is 24.3 Å². The number of benzene rings is 2. The fraction of sp³-hybridized carbons (Fsp3) is 0.143.